The molecule has 0 fully saturated rings. The van der Waals surface area contributed by atoms with Crippen LogP contribution in [-0.2, 0) is 0 Å². The number of methoxy groups -OCH3 is 1. The van der Waals surface area contributed by atoms with E-state index in [2.05, 4.69) is 10.2 Å². The van der Waals surface area contributed by atoms with Crippen LogP contribution in [0.15, 0.2) is 72.8 Å². The predicted octanol–water partition coefficient (Wildman–Crippen LogP) is 5.80. The van der Waals surface area contributed by atoms with E-state index in [1.54, 1.807) is 7.11 Å². The number of aromatic amines is 1. The largest absolute Gasteiger partial charge is 0.497 e. The van der Waals surface area contributed by atoms with Gasteiger partial charge in [0.15, 0.2) is 0 Å². The number of carbonyl (C=O) groups excluding carboxylic acids is 1. The lowest BCUT2D eigenvalue weighted by Gasteiger charge is -2.26. The fraction of sp³-hybridized carbons (Fsp3) is 0.120. The van der Waals surface area contributed by atoms with Crippen LogP contribution in [0.2, 0.25) is 5.02 Å². The Morgan fingerprint density at radius 1 is 0.968 bits per heavy atom. The van der Waals surface area contributed by atoms with E-state index in [0.29, 0.717) is 10.7 Å². The van der Waals surface area contributed by atoms with Gasteiger partial charge in [0.25, 0.3) is 5.91 Å². The van der Waals surface area contributed by atoms with Gasteiger partial charge in [-0.25, -0.2) is 0 Å². The highest BCUT2D eigenvalue weighted by Crippen LogP contribution is 2.45. The van der Waals surface area contributed by atoms with Crippen LogP contribution in [0.25, 0.3) is 11.3 Å². The van der Waals surface area contributed by atoms with Crippen molar-refractivity contribution in [2.75, 3.05) is 12.0 Å². The van der Waals surface area contributed by atoms with Crippen LogP contribution in [0, 0.1) is 6.92 Å². The Kier molecular flexibility index (Phi) is 4.75. The fourth-order valence-electron chi connectivity index (χ4n) is 4.05. The lowest BCUT2D eigenvalue weighted by atomic mass is 9.95. The summed E-state index contributed by atoms with van der Waals surface area (Å²) in [5, 5.41) is 8.14. The van der Waals surface area contributed by atoms with Gasteiger partial charge >= 0.3 is 0 Å². The normalized spacial score (nSPS) is 15.3. The van der Waals surface area contributed by atoms with Crippen molar-refractivity contribution in [1.82, 2.24) is 10.2 Å². The molecule has 2 heterocycles. The summed E-state index contributed by atoms with van der Waals surface area (Å²) in [7, 11) is 1.64. The zero-order valence-electron chi connectivity index (χ0n) is 17.1. The van der Waals surface area contributed by atoms with Crippen molar-refractivity contribution in [2.45, 2.75) is 13.0 Å². The topological polar surface area (TPSA) is 58.2 Å². The Labute approximate surface area is 185 Å². The summed E-state index contributed by atoms with van der Waals surface area (Å²) in [6.07, 6.45) is 0. The number of hydrogen-bond donors (Lipinski definition) is 1. The maximum absolute atomic E-state index is 13.5. The van der Waals surface area contributed by atoms with Gasteiger partial charge in [0.2, 0.25) is 0 Å². The molecule has 1 aromatic heterocycles. The standard InChI is InChI=1S/C25H20ClN3O2/c1-15-3-11-19(12-4-15)29-24(17-7-13-20(31-2)14-8-17)21-22(27-28-23(21)25(29)30)16-5-9-18(26)10-6-16/h3-14,24H,1-2H3,(H,27,28)/t24-/m0/s1. The first kappa shape index (κ1) is 19.4. The second-order valence-electron chi connectivity index (χ2n) is 7.55. The summed E-state index contributed by atoms with van der Waals surface area (Å²) < 4.78 is 5.32. The zero-order chi connectivity index (χ0) is 21.5. The molecular weight excluding hydrogens is 410 g/mol. The van der Waals surface area contributed by atoms with Gasteiger partial charge < -0.3 is 4.74 Å². The van der Waals surface area contributed by atoms with Crippen molar-refractivity contribution in [3.8, 4) is 17.0 Å². The Hall–Kier alpha value is -3.57. The maximum Gasteiger partial charge on any atom is 0.277 e. The molecule has 0 aliphatic carbocycles. The van der Waals surface area contributed by atoms with Gasteiger partial charge in [-0.05, 0) is 48.9 Å². The Bertz CT molecular complexity index is 1250. The Balaban J connectivity index is 1.70. The van der Waals surface area contributed by atoms with E-state index in [-0.39, 0.29) is 11.9 Å². The van der Waals surface area contributed by atoms with Crippen molar-refractivity contribution in [2.24, 2.45) is 0 Å². The van der Waals surface area contributed by atoms with Gasteiger partial charge in [0.05, 0.1) is 18.8 Å². The highest BCUT2D eigenvalue weighted by molar-refractivity contribution is 6.30. The number of amides is 1. The van der Waals surface area contributed by atoms with Crippen LogP contribution >= 0.6 is 11.6 Å². The zero-order valence-corrected chi connectivity index (χ0v) is 17.9. The van der Waals surface area contributed by atoms with Gasteiger partial charge in [-0.2, -0.15) is 5.10 Å². The van der Waals surface area contributed by atoms with Gasteiger partial charge in [-0.15, -0.1) is 0 Å². The molecule has 1 atom stereocenters. The van der Waals surface area contributed by atoms with Crippen LogP contribution in [0.1, 0.15) is 33.2 Å². The number of benzene rings is 3. The summed E-state index contributed by atoms with van der Waals surface area (Å²) in [4.78, 5) is 15.3. The molecule has 1 N–H and O–H groups in total. The van der Waals surface area contributed by atoms with Crippen LogP contribution in [0.5, 0.6) is 5.75 Å². The number of nitrogens with one attached hydrogen (secondary N) is 1. The molecule has 0 saturated heterocycles. The van der Waals surface area contributed by atoms with E-state index in [9.17, 15) is 4.79 Å². The molecule has 154 valence electrons. The van der Waals surface area contributed by atoms with Crippen molar-refractivity contribution in [1.29, 1.82) is 0 Å². The number of hydrogen-bond acceptors (Lipinski definition) is 3. The molecule has 1 aliphatic heterocycles. The van der Waals surface area contributed by atoms with E-state index in [4.69, 9.17) is 16.3 Å². The first-order valence-corrected chi connectivity index (χ1v) is 10.3. The van der Waals surface area contributed by atoms with E-state index < -0.39 is 0 Å². The molecule has 5 rings (SSSR count). The monoisotopic (exact) mass is 429 g/mol. The highest BCUT2D eigenvalue weighted by atomic mass is 35.5. The summed E-state index contributed by atoms with van der Waals surface area (Å²) >= 11 is 6.08. The van der Waals surface area contributed by atoms with E-state index in [1.165, 1.54) is 0 Å². The summed E-state index contributed by atoms with van der Waals surface area (Å²) in [5.74, 6) is 0.660. The quantitative estimate of drug-likeness (QED) is 0.446. The molecule has 3 aromatic carbocycles. The van der Waals surface area contributed by atoms with Gasteiger partial charge in [-0.1, -0.05) is 53.6 Å². The number of anilines is 1. The summed E-state index contributed by atoms with van der Waals surface area (Å²) in [6.45, 7) is 2.03. The van der Waals surface area contributed by atoms with E-state index in [1.807, 2.05) is 84.6 Å². The lowest BCUT2D eigenvalue weighted by Crippen LogP contribution is -2.29. The van der Waals surface area contributed by atoms with Gasteiger partial charge in [0.1, 0.15) is 11.4 Å². The average Bonchev–Trinajstić information content (AvgIpc) is 3.34. The lowest BCUT2D eigenvalue weighted by molar-refractivity contribution is 0.0989. The highest BCUT2D eigenvalue weighted by Gasteiger charge is 2.43. The minimum absolute atomic E-state index is 0.104. The first-order valence-electron chi connectivity index (χ1n) is 9.95. The number of carbonyl (C=O) groups is 1. The number of halogens is 1. The average molecular weight is 430 g/mol. The van der Waals surface area contributed by atoms with Crippen molar-refractivity contribution >= 4 is 23.2 Å². The molecule has 0 saturated carbocycles. The third-order valence-electron chi connectivity index (χ3n) is 5.63. The molecule has 0 spiro atoms. The molecule has 1 amide bonds. The SMILES string of the molecule is COc1ccc([C@H]2c3c(-c4ccc(Cl)cc4)n[nH]c3C(=O)N2c2ccc(C)cc2)cc1. The van der Waals surface area contributed by atoms with Gasteiger partial charge in [-0.3, -0.25) is 14.8 Å². The number of fused-ring (bicyclic) bond motifs is 1. The second-order valence-corrected chi connectivity index (χ2v) is 7.99. The molecule has 0 bridgehead atoms. The maximum atomic E-state index is 13.5. The van der Waals surface area contributed by atoms with Crippen molar-refractivity contribution in [3.63, 3.8) is 0 Å². The summed E-state index contributed by atoms with van der Waals surface area (Å²) in [6, 6.07) is 23.0. The number of aromatic nitrogens is 2. The third kappa shape index (κ3) is 3.27. The fourth-order valence-corrected chi connectivity index (χ4v) is 4.17. The van der Waals surface area contributed by atoms with E-state index >= 15 is 0 Å². The molecular formula is C25H20ClN3O2. The molecule has 4 aromatic rings. The van der Waals surface area contributed by atoms with Crippen LogP contribution in [0.3, 0.4) is 0 Å². The Morgan fingerprint density at radius 2 is 1.65 bits per heavy atom. The van der Waals surface area contributed by atoms with Crippen LogP contribution < -0.4 is 9.64 Å². The van der Waals surface area contributed by atoms with E-state index in [0.717, 1.165) is 39.4 Å². The number of nitrogens with zero attached hydrogens (tertiary/aromatic N) is 2. The first-order chi connectivity index (χ1) is 15.1. The molecule has 0 unspecified atom stereocenters. The number of ether oxygens (including phenoxy) is 1. The van der Waals surface area contributed by atoms with Crippen molar-refractivity contribution in [3.05, 3.63) is 100 Å². The third-order valence-corrected chi connectivity index (χ3v) is 5.88. The minimum Gasteiger partial charge on any atom is -0.497 e. The van der Waals surface area contributed by atoms with Crippen molar-refractivity contribution < 1.29 is 9.53 Å². The Morgan fingerprint density at radius 3 is 2.29 bits per heavy atom. The predicted molar refractivity (Wildman–Crippen MR) is 122 cm³/mol. The molecule has 0 radical (unpaired) electrons. The number of H-pyrrole nitrogens is 1. The number of aryl methyl sites for hydroxylation is 1. The molecule has 5 nitrogen and oxygen atoms in total. The number of rotatable bonds is 4. The smallest absolute Gasteiger partial charge is 0.277 e. The van der Waals surface area contributed by atoms with Crippen LogP contribution in [-0.4, -0.2) is 23.2 Å². The summed E-state index contributed by atoms with van der Waals surface area (Å²) in [5.41, 5.74) is 5.96. The second kappa shape index (κ2) is 7.60. The molecule has 1 aliphatic rings. The minimum atomic E-state index is -0.319. The molecule has 31 heavy (non-hydrogen) atoms. The van der Waals surface area contributed by atoms with Crippen LogP contribution in [0.4, 0.5) is 5.69 Å². The van der Waals surface area contributed by atoms with Gasteiger partial charge in [0, 0.05) is 21.8 Å². The molecule has 6 heteroatoms.